The monoisotopic (exact) mass is 384 g/mol. The van der Waals surface area contributed by atoms with Gasteiger partial charge in [-0.05, 0) is 81.7 Å². The van der Waals surface area contributed by atoms with Crippen LogP contribution in [0.25, 0.3) is 0 Å². The van der Waals surface area contributed by atoms with E-state index in [0.717, 1.165) is 42.5 Å². The summed E-state index contributed by atoms with van der Waals surface area (Å²) in [5, 5.41) is 0. The first kappa shape index (κ1) is 20.3. The Morgan fingerprint density at radius 2 is 1.93 bits per heavy atom. The molecule has 0 N–H and O–H groups in total. The fourth-order valence-corrected chi connectivity index (χ4v) is 4.25. The Hall–Kier alpha value is -2.43. The number of aromatic nitrogens is 1. The number of amides is 1. The van der Waals surface area contributed by atoms with Crippen molar-refractivity contribution in [3.63, 3.8) is 0 Å². The van der Waals surface area contributed by atoms with Crippen LogP contribution in [0.3, 0.4) is 0 Å². The lowest BCUT2D eigenvalue weighted by molar-refractivity contribution is 0.0665. The number of hydrogen-bond acceptors (Lipinski definition) is 2. The van der Waals surface area contributed by atoms with Crippen molar-refractivity contribution in [1.29, 1.82) is 0 Å². The topological polar surface area (TPSA) is 42.3 Å². The number of halogens is 1. The van der Waals surface area contributed by atoms with E-state index >= 15 is 0 Å². The van der Waals surface area contributed by atoms with Crippen molar-refractivity contribution in [2.75, 3.05) is 13.1 Å². The third-order valence-electron chi connectivity index (χ3n) is 5.80. The van der Waals surface area contributed by atoms with Crippen molar-refractivity contribution < 1.29 is 9.18 Å². The third-order valence-corrected chi connectivity index (χ3v) is 5.80. The summed E-state index contributed by atoms with van der Waals surface area (Å²) >= 11 is 0. The predicted octanol–water partition coefficient (Wildman–Crippen LogP) is 4.11. The summed E-state index contributed by atoms with van der Waals surface area (Å²) in [4.78, 5) is 27.8. The Morgan fingerprint density at radius 3 is 2.61 bits per heavy atom. The van der Waals surface area contributed by atoms with E-state index in [2.05, 4.69) is 0 Å². The number of benzene rings is 1. The van der Waals surface area contributed by atoms with Crippen LogP contribution in [-0.2, 0) is 13.0 Å². The average molecular weight is 384 g/mol. The van der Waals surface area contributed by atoms with Gasteiger partial charge in [0.2, 0.25) is 0 Å². The summed E-state index contributed by atoms with van der Waals surface area (Å²) in [6, 6.07) is 8.55. The lowest BCUT2D eigenvalue weighted by atomic mass is 9.91. The number of hydrogen-bond donors (Lipinski definition) is 0. The molecule has 1 aromatic heterocycles. The molecule has 0 bridgehead atoms. The number of nitrogens with zero attached hydrogens (tertiary/aromatic N) is 2. The fraction of sp³-hybridized carbons (Fsp3) is 0.478. The first-order valence-electron chi connectivity index (χ1n) is 10.2. The minimum absolute atomic E-state index is 0.142. The summed E-state index contributed by atoms with van der Waals surface area (Å²) < 4.78 is 14.7. The largest absolute Gasteiger partial charge is 0.338 e. The van der Waals surface area contributed by atoms with Crippen LogP contribution in [0, 0.1) is 25.6 Å². The molecule has 0 saturated carbocycles. The molecule has 0 aliphatic carbocycles. The number of carbonyl (C=O) groups is 1. The first-order chi connectivity index (χ1) is 13.4. The Bertz CT molecular complexity index is 902. The van der Waals surface area contributed by atoms with E-state index in [4.69, 9.17) is 0 Å². The molecular weight excluding hydrogens is 355 g/mol. The fourth-order valence-electron chi connectivity index (χ4n) is 4.25. The zero-order chi connectivity index (χ0) is 20.3. The van der Waals surface area contributed by atoms with Crippen molar-refractivity contribution in [2.45, 2.75) is 53.0 Å². The average Bonchev–Trinajstić information content (AvgIpc) is 2.67. The van der Waals surface area contributed by atoms with Crippen LogP contribution < -0.4 is 5.56 Å². The van der Waals surface area contributed by atoms with Crippen LogP contribution in [0.4, 0.5) is 4.39 Å². The highest BCUT2D eigenvalue weighted by molar-refractivity contribution is 5.95. The normalized spacial score (nSPS) is 17.0. The molecule has 2 aromatic rings. The standard InChI is InChI=1S/C23H29FN2O2/c1-4-26-17(3)14-16(2)21(23(26)28)22(27)25-13-5-6-19(15-25)8-7-18-9-11-20(24)12-10-18/h9-12,14,19H,4-8,13,15H2,1-3H3/t19-/m0/s1. The molecule has 150 valence electrons. The first-order valence-corrected chi connectivity index (χ1v) is 10.2. The molecule has 5 heteroatoms. The van der Waals surface area contributed by atoms with Crippen molar-refractivity contribution >= 4 is 5.91 Å². The Balaban J connectivity index is 1.71. The third kappa shape index (κ3) is 4.34. The van der Waals surface area contributed by atoms with Gasteiger partial charge in [-0.25, -0.2) is 4.39 Å². The van der Waals surface area contributed by atoms with Gasteiger partial charge in [0.25, 0.3) is 11.5 Å². The van der Waals surface area contributed by atoms with E-state index in [1.165, 1.54) is 12.1 Å². The number of carbonyl (C=O) groups excluding carboxylic acids is 1. The van der Waals surface area contributed by atoms with Crippen LogP contribution >= 0.6 is 0 Å². The van der Waals surface area contributed by atoms with E-state index in [-0.39, 0.29) is 17.3 Å². The summed E-state index contributed by atoms with van der Waals surface area (Å²) in [6.07, 6.45) is 3.87. The van der Waals surface area contributed by atoms with Gasteiger partial charge < -0.3 is 9.47 Å². The van der Waals surface area contributed by atoms with E-state index in [1.807, 2.05) is 43.9 Å². The van der Waals surface area contributed by atoms with Crippen LogP contribution in [0.1, 0.15) is 53.4 Å². The van der Waals surface area contributed by atoms with Gasteiger partial charge in [-0.15, -0.1) is 0 Å². The van der Waals surface area contributed by atoms with Crippen LogP contribution in [-0.4, -0.2) is 28.5 Å². The highest BCUT2D eigenvalue weighted by Gasteiger charge is 2.27. The van der Waals surface area contributed by atoms with Gasteiger partial charge in [-0.2, -0.15) is 0 Å². The molecule has 1 aliphatic heterocycles. The second-order valence-corrected chi connectivity index (χ2v) is 7.82. The highest BCUT2D eigenvalue weighted by atomic mass is 19.1. The van der Waals surface area contributed by atoms with Crippen LogP contribution in [0.5, 0.6) is 0 Å². The summed E-state index contributed by atoms with van der Waals surface area (Å²) in [5.41, 5.74) is 2.89. The van der Waals surface area contributed by atoms with Crippen LogP contribution in [0.2, 0.25) is 0 Å². The molecule has 28 heavy (non-hydrogen) atoms. The SMILES string of the molecule is CCn1c(C)cc(C)c(C(=O)N2CCC[C@@H](CCc3ccc(F)cc3)C2)c1=O. The maximum atomic E-state index is 13.1. The van der Waals surface area contributed by atoms with Crippen molar-refractivity contribution in [2.24, 2.45) is 5.92 Å². The maximum absolute atomic E-state index is 13.1. The highest BCUT2D eigenvalue weighted by Crippen LogP contribution is 2.23. The Kier molecular flexibility index (Phi) is 6.32. The lowest BCUT2D eigenvalue weighted by Crippen LogP contribution is -2.43. The minimum Gasteiger partial charge on any atom is -0.338 e. The zero-order valence-electron chi connectivity index (χ0n) is 17.0. The van der Waals surface area contributed by atoms with Gasteiger partial charge in [0.1, 0.15) is 11.4 Å². The molecule has 1 fully saturated rings. The molecule has 1 atom stereocenters. The number of rotatable bonds is 5. The van der Waals surface area contributed by atoms with Gasteiger partial charge in [-0.3, -0.25) is 9.59 Å². The Morgan fingerprint density at radius 1 is 1.21 bits per heavy atom. The molecule has 4 nitrogen and oxygen atoms in total. The molecule has 1 amide bonds. The predicted molar refractivity (Wildman–Crippen MR) is 109 cm³/mol. The van der Waals surface area contributed by atoms with E-state index < -0.39 is 0 Å². The second-order valence-electron chi connectivity index (χ2n) is 7.82. The van der Waals surface area contributed by atoms with Gasteiger partial charge >= 0.3 is 0 Å². The minimum atomic E-state index is -0.218. The quantitative estimate of drug-likeness (QED) is 0.779. The number of aryl methyl sites for hydroxylation is 3. The van der Waals surface area contributed by atoms with E-state index in [1.54, 1.807) is 4.57 Å². The molecule has 1 aromatic carbocycles. The molecule has 3 rings (SSSR count). The number of likely N-dealkylation sites (tertiary alicyclic amines) is 1. The van der Waals surface area contributed by atoms with Gasteiger partial charge in [0.15, 0.2) is 0 Å². The number of pyridine rings is 1. The molecular formula is C23H29FN2O2. The summed E-state index contributed by atoms with van der Waals surface area (Å²) in [7, 11) is 0. The van der Waals surface area contributed by atoms with Gasteiger partial charge in [0.05, 0.1) is 0 Å². The van der Waals surface area contributed by atoms with Crippen molar-refractivity contribution in [3.8, 4) is 0 Å². The molecule has 0 unspecified atom stereocenters. The smallest absolute Gasteiger partial charge is 0.263 e. The lowest BCUT2D eigenvalue weighted by Gasteiger charge is -2.33. The molecule has 1 saturated heterocycles. The van der Waals surface area contributed by atoms with E-state index in [9.17, 15) is 14.0 Å². The maximum Gasteiger partial charge on any atom is 0.263 e. The Labute approximate surface area is 166 Å². The van der Waals surface area contributed by atoms with Crippen molar-refractivity contribution in [1.82, 2.24) is 9.47 Å². The number of piperidine rings is 1. The molecule has 2 heterocycles. The van der Waals surface area contributed by atoms with E-state index in [0.29, 0.717) is 31.1 Å². The summed E-state index contributed by atoms with van der Waals surface area (Å²) in [6.45, 7) is 7.61. The molecule has 1 aliphatic rings. The second kappa shape index (κ2) is 8.72. The van der Waals surface area contributed by atoms with Gasteiger partial charge in [-0.1, -0.05) is 12.1 Å². The summed E-state index contributed by atoms with van der Waals surface area (Å²) in [5.74, 6) is 0.0440. The van der Waals surface area contributed by atoms with Crippen LogP contribution in [0.15, 0.2) is 35.1 Å². The zero-order valence-corrected chi connectivity index (χ0v) is 17.0. The molecule has 0 radical (unpaired) electrons. The molecule has 0 spiro atoms. The van der Waals surface area contributed by atoms with Gasteiger partial charge in [0, 0.05) is 25.3 Å². The van der Waals surface area contributed by atoms with Crippen molar-refractivity contribution in [3.05, 3.63) is 68.9 Å².